The summed E-state index contributed by atoms with van der Waals surface area (Å²) in [5, 5.41) is 0. The highest BCUT2D eigenvalue weighted by atomic mass is 32.1. The van der Waals surface area contributed by atoms with Crippen molar-refractivity contribution in [2.75, 3.05) is 9.80 Å². The maximum Gasteiger partial charge on any atom is 0.264 e. The summed E-state index contributed by atoms with van der Waals surface area (Å²) in [5.41, 5.74) is 34.6. The molecule has 0 N–H and O–H groups in total. The molecule has 0 saturated heterocycles. The van der Waals surface area contributed by atoms with Crippen molar-refractivity contribution in [1.29, 1.82) is 0 Å². The van der Waals surface area contributed by atoms with Crippen LogP contribution in [0.5, 0.6) is 0 Å². The van der Waals surface area contributed by atoms with Gasteiger partial charge in [-0.1, -0.05) is 225 Å². The number of fused-ring (bicyclic) bond motifs is 25. The molecule has 1 aromatic heterocycles. The van der Waals surface area contributed by atoms with Crippen LogP contribution in [-0.2, 0) is 21.7 Å². The van der Waals surface area contributed by atoms with Crippen LogP contribution in [0.15, 0.2) is 212 Å². The van der Waals surface area contributed by atoms with Crippen molar-refractivity contribution in [3.8, 4) is 44.5 Å². The van der Waals surface area contributed by atoms with Gasteiger partial charge in [0.25, 0.3) is 6.71 Å². The summed E-state index contributed by atoms with van der Waals surface area (Å²) in [6, 6.07) is 83.6. The van der Waals surface area contributed by atoms with Crippen LogP contribution >= 0.6 is 11.3 Å². The second-order valence-electron chi connectivity index (χ2n) is 26.6. The molecule has 6 aliphatic rings. The summed E-state index contributed by atoms with van der Waals surface area (Å²) in [5.74, 6) is 0.410. The summed E-state index contributed by atoms with van der Waals surface area (Å²) in [6.07, 6.45) is 0. The largest absolute Gasteiger partial charge is 0.311 e. The monoisotopic (exact) mass is 1070 g/mol. The Labute approximate surface area is 487 Å². The van der Waals surface area contributed by atoms with E-state index in [2.05, 4.69) is 296 Å². The third kappa shape index (κ3) is 6.01. The highest BCUT2D eigenvalue weighted by Gasteiger charge is 2.58. The van der Waals surface area contributed by atoms with Crippen LogP contribution in [0.1, 0.15) is 127 Å². The molecule has 3 heterocycles. The Bertz CT molecular complexity index is 4510. The number of hydrogen-bond acceptors (Lipinski definition) is 3. The zero-order valence-electron chi connectivity index (χ0n) is 48.2. The van der Waals surface area contributed by atoms with Crippen molar-refractivity contribution in [1.82, 2.24) is 0 Å². The lowest BCUT2D eigenvalue weighted by molar-refractivity contribution is 0.588. The number of hydrogen-bond donors (Lipinski definition) is 0. The normalized spacial score (nSPS) is 15.4. The molecule has 11 aromatic rings. The number of anilines is 6. The highest BCUT2D eigenvalue weighted by Crippen LogP contribution is 2.68. The van der Waals surface area contributed by atoms with Gasteiger partial charge in [-0.05, 0) is 177 Å². The first-order chi connectivity index (χ1) is 39.7. The minimum atomic E-state index is -0.526. The third-order valence-corrected chi connectivity index (χ3v) is 21.2. The van der Waals surface area contributed by atoms with Crippen molar-refractivity contribution in [3.05, 3.63) is 278 Å². The molecule has 0 bridgehead atoms. The zero-order valence-corrected chi connectivity index (χ0v) is 49.0. The van der Waals surface area contributed by atoms with Crippen molar-refractivity contribution >= 4 is 67.9 Å². The number of aryl methyl sites for hydroxylation is 1. The number of nitrogens with zero attached hydrogens (tertiary/aromatic N) is 2. The minimum Gasteiger partial charge on any atom is -0.311 e. The molecule has 10 aromatic carbocycles. The molecular formula is C78H63BN2S. The predicted octanol–water partition coefficient (Wildman–Crippen LogP) is 18.5. The molecule has 0 fully saturated rings. The maximum absolute atomic E-state index is 2.71. The van der Waals surface area contributed by atoms with E-state index < -0.39 is 10.8 Å². The number of benzene rings is 10. The summed E-state index contributed by atoms with van der Waals surface area (Å²) in [6.45, 7) is 20.9. The molecule has 0 atom stereocenters. The highest BCUT2D eigenvalue weighted by molar-refractivity contribution is 7.30. The fraction of sp³-hybridized carbons (Fsp3) is 0.179. The Morgan fingerprint density at radius 2 is 0.866 bits per heavy atom. The minimum absolute atomic E-state index is 0.00239. The van der Waals surface area contributed by atoms with Gasteiger partial charge in [0, 0.05) is 43.7 Å². The summed E-state index contributed by atoms with van der Waals surface area (Å²) >= 11 is 2.09. The van der Waals surface area contributed by atoms with Crippen molar-refractivity contribution in [2.45, 2.75) is 89.9 Å². The van der Waals surface area contributed by atoms with E-state index >= 15 is 0 Å². The standard InChI is InChI=1S/C78H63BN2S/c1-45(2)47-30-35-50(36-31-47)80-67-44-65-58(56-24-14-17-27-61(56)77(65)59-25-15-10-20-52(59)53-21-11-16-26-60(53)77)43-66(67)79-71-68(80)40-46(3)41-69(71)81(51-37-32-48(33-38-51)75(4,5)6)72-70-57-39-34-49(76(7,8)9)42-64(57)78(73(70)82-74(72)79)62-28-18-12-22-54(62)55-23-13-19-29-63(55)78/h10-45H,1-9H3. The van der Waals surface area contributed by atoms with Crippen LogP contribution in [0.2, 0.25) is 0 Å². The van der Waals surface area contributed by atoms with Crippen LogP contribution in [0.25, 0.3) is 44.5 Å². The van der Waals surface area contributed by atoms with E-state index in [-0.39, 0.29) is 17.5 Å². The van der Waals surface area contributed by atoms with Crippen molar-refractivity contribution < 1.29 is 0 Å². The smallest absolute Gasteiger partial charge is 0.264 e. The maximum atomic E-state index is 2.71. The Morgan fingerprint density at radius 3 is 1.39 bits per heavy atom. The average molecular weight is 1070 g/mol. The first kappa shape index (κ1) is 48.3. The van der Waals surface area contributed by atoms with E-state index in [9.17, 15) is 0 Å². The van der Waals surface area contributed by atoms with Crippen LogP contribution in [0.3, 0.4) is 0 Å². The van der Waals surface area contributed by atoms with E-state index in [1.165, 1.54) is 160 Å². The molecule has 4 heteroatoms. The predicted molar refractivity (Wildman–Crippen MR) is 347 cm³/mol. The van der Waals surface area contributed by atoms with Gasteiger partial charge in [-0.15, -0.1) is 11.3 Å². The number of rotatable bonds is 3. The Balaban J connectivity index is 1.03. The first-order valence-corrected chi connectivity index (χ1v) is 30.5. The SMILES string of the molecule is Cc1cc2c3c(c1)N(c1ccc(C(C)(C)C)cc1)c1c(sc4c1-c1ccc(C(C)(C)C)cc1C41c4ccccc4-c4ccccc41)B3c1cc3c(cc1N2c1ccc(C(C)C)cc1)C1(c2ccccc2-c2ccccc21)c1ccccc1-3. The quantitative estimate of drug-likeness (QED) is 0.163. The fourth-order valence-electron chi connectivity index (χ4n) is 16.1. The van der Waals surface area contributed by atoms with Crippen molar-refractivity contribution in [2.24, 2.45) is 0 Å². The van der Waals surface area contributed by atoms with E-state index in [1.807, 2.05) is 0 Å². The number of thiophene rings is 1. The molecular weight excluding hydrogens is 1010 g/mol. The second kappa shape index (κ2) is 16.4. The molecule has 2 spiro atoms. The van der Waals surface area contributed by atoms with E-state index in [0.717, 1.165) is 0 Å². The van der Waals surface area contributed by atoms with Gasteiger partial charge in [0.1, 0.15) is 0 Å². The van der Waals surface area contributed by atoms with Crippen LogP contribution < -0.4 is 25.5 Å². The van der Waals surface area contributed by atoms with Crippen LogP contribution in [0.4, 0.5) is 34.1 Å². The van der Waals surface area contributed by atoms with Gasteiger partial charge in [0.15, 0.2) is 0 Å². The molecule has 0 saturated carbocycles. The molecule has 0 unspecified atom stereocenters. The average Bonchev–Trinajstić information content (AvgIpc) is 1.61. The molecule has 0 amide bonds. The molecule has 4 aliphatic carbocycles. The van der Waals surface area contributed by atoms with Crippen LogP contribution in [0, 0.1) is 6.92 Å². The Morgan fingerprint density at radius 1 is 0.415 bits per heavy atom. The van der Waals surface area contributed by atoms with Gasteiger partial charge in [0.05, 0.1) is 16.5 Å². The van der Waals surface area contributed by atoms with Gasteiger partial charge >= 0.3 is 0 Å². The second-order valence-corrected chi connectivity index (χ2v) is 27.6. The lowest BCUT2D eigenvalue weighted by Crippen LogP contribution is -2.60. The fourth-order valence-corrected chi connectivity index (χ4v) is 17.8. The van der Waals surface area contributed by atoms with Crippen molar-refractivity contribution in [3.63, 3.8) is 0 Å². The lowest BCUT2D eigenvalue weighted by Gasteiger charge is -2.44. The first-order valence-electron chi connectivity index (χ1n) is 29.6. The molecule has 394 valence electrons. The van der Waals surface area contributed by atoms with Gasteiger partial charge in [0.2, 0.25) is 0 Å². The van der Waals surface area contributed by atoms with Gasteiger partial charge in [-0.3, -0.25) is 0 Å². The summed E-state index contributed by atoms with van der Waals surface area (Å²) in [7, 11) is 0. The lowest BCUT2D eigenvalue weighted by atomic mass is 9.36. The Kier molecular flexibility index (Phi) is 9.65. The van der Waals surface area contributed by atoms with E-state index in [1.54, 1.807) is 0 Å². The Hall–Kier alpha value is -8.44. The zero-order chi connectivity index (χ0) is 55.5. The summed E-state index contributed by atoms with van der Waals surface area (Å²) in [4.78, 5) is 6.80. The van der Waals surface area contributed by atoms with Gasteiger partial charge in [-0.25, -0.2) is 0 Å². The summed E-state index contributed by atoms with van der Waals surface area (Å²) < 4.78 is 1.41. The molecule has 17 rings (SSSR count). The molecule has 2 aliphatic heterocycles. The third-order valence-electron chi connectivity index (χ3n) is 19.8. The molecule has 82 heavy (non-hydrogen) atoms. The van der Waals surface area contributed by atoms with Gasteiger partial charge < -0.3 is 9.80 Å². The van der Waals surface area contributed by atoms with Crippen LogP contribution in [-0.4, -0.2) is 6.71 Å². The topological polar surface area (TPSA) is 6.48 Å². The molecule has 2 nitrogen and oxygen atoms in total. The van der Waals surface area contributed by atoms with Gasteiger partial charge in [-0.2, -0.15) is 0 Å². The molecule has 0 radical (unpaired) electrons. The van der Waals surface area contributed by atoms with E-state index in [0.29, 0.717) is 5.92 Å². The van der Waals surface area contributed by atoms with E-state index in [4.69, 9.17) is 0 Å².